The summed E-state index contributed by atoms with van der Waals surface area (Å²) in [5, 5.41) is 10.9. The first kappa shape index (κ1) is 17.9. The number of hydrogen-bond acceptors (Lipinski definition) is 7. The predicted molar refractivity (Wildman–Crippen MR) is 92.9 cm³/mol. The molecular formula is C15H18N4O4S2. The number of thioether (sulfide) groups is 1. The van der Waals surface area contributed by atoms with E-state index in [2.05, 4.69) is 15.5 Å². The molecule has 0 aliphatic heterocycles. The van der Waals surface area contributed by atoms with E-state index >= 15 is 0 Å². The highest BCUT2D eigenvalue weighted by atomic mass is 32.2. The Labute approximate surface area is 150 Å². The van der Waals surface area contributed by atoms with Gasteiger partial charge in [0, 0.05) is 25.7 Å². The third-order valence-corrected chi connectivity index (χ3v) is 6.20. The summed E-state index contributed by atoms with van der Waals surface area (Å²) in [7, 11) is -0.635. The summed E-state index contributed by atoms with van der Waals surface area (Å²) in [5.74, 6) is 0.814. The molecule has 0 bridgehead atoms. The van der Waals surface area contributed by atoms with Crippen LogP contribution in [-0.4, -0.2) is 48.7 Å². The zero-order valence-electron chi connectivity index (χ0n) is 13.8. The summed E-state index contributed by atoms with van der Waals surface area (Å²) in [6.07, 6.45) is 2.14. The van der Waals surface area contributed by atoms with Crippen LogP contribution in [-0.2, 0) is 14.8 Å². The zero-order valence-corrected chi connectivity index (χ0v) is 15.4. The van der Waals surface area contributed by atoms with Gasteiger partial charge < -0.3 is 9.73 Å². The number of sulfonamides is 1. The lowest BCUT2D eigenvalue weighted by molar-refractivity contribution is -0.113. The fraction of sp³-hybridized carbons (Fsp3) is 0.400. The van der Waals surface area contributed by atoms with Crippen molar-refractivity contribution in [2.24, 2.45) is 0 Å². The average Bonchev–Trinajstić information content (AvgIpc) is 3.31. The van der Waals surface area contributed by atoms with Crippen molar-refractivity contribution in [3.8, 4) is 0 Å². The van der Waals surface area contributed by atoms with Gasteiger partial charge in [-0.3, -0.25) is 4.79 Å². The van der Waals surface area contributed by atoms with E-state index in [9.17, 15) is 13.2 Å². The fourth-order valence-corrected chi connectivity index (χ4v) is 3.56. The molecule has 10 heteroatoms. The number of anilines is 1. The second kappa shape index (κ2) is 7.14. The van der Waals surface area contributed by atoms with Crippen molar-refractivity contribution in [2.45, 2.75) is 28.9 Å². The van der Waals surface area contributed by atoms with Gasteiger partial charge in [0.1, 0.15) is 0 Å². The smallest absolute Gasteiger partial charge is 0.277 e. The van der Waals surface area contributed by atoms with Gasteiger partial charge in [0.2, 0.25) is 21.8 Å². The van der Waals surface area contributed by atoms with Crippen molar-refractivity contribution in [1.29, 1.82) is 0 Å². The monoisotopic (exact) mass is 382 g/mol. The number of carbonyl (C=O) groups excluding carboxylic acids is 1. The number of nitrogens with zero attached hydrogens (tertiary/aromatic N) is 3. The van der Waals surface area contributed by atoms with Crippen molar-refractivity contribution in [1.82, 2.24) is 14.5 Å². The number of benzene rings is 1. The Morgan fingerprint density at radius 2 is 2.12 bits per heavy atom. The highest BCUT2D eigenvalue weighted by Crippen LogP contribution is 2.39. The van der Waals surface area contributed by atoms with Gasteiger partial charge in [-0.2, -0.15) is 0 Å². The van der Waals surface area contributed by atoms with Gasteiger partial charge in [-0.1, -0.05) is 17.8 Å². The third kappa shape index (κ3) is 4.39. The van der Waals surface area contributed by atoms with E-state index in [0.29, 0.717) is 22.7 Å². The molecule has 1 aromatic heterocycles. The highest BCUT2D eigenvalue weighted by molar-refractivity contribution is 7.99. The van der Waals surface area contributed by atoms with Gasteiger partial charge in [0.25, 0.3) is 5.22 Å². The van der Waals surface area contributed by atoms with Crippen molar-refractivity contribution in [3.63, 3.8) is 0 Å². The number of hydrogen-bond donors (Lipinski definition) is 1. The number of nitrogens with one attached hydrogen (secondary N) is 1. The molecule has 2 aromatic rings. The van der Waals surface area contributed by atoms with Crippen LogP contribution >= 0.6 is 11.8 Å². The Morgan fingerprint density at radius 1 is 1.36 bits per heavy atom. The first-order valence-electron chi connectivity index (χ1n) is 7.65. The number of amides is 1. The first-order valence-corrected chi connectivity index (χ1v) is 10.1. The maximum absolute atomic E-state index is 12.1. The van der Waals surface area contributed by atoms with E-state index in [4.69, 9.17) is 4.42 Å². The number of rotatable bonds is 7. The molecule has 1 aliphatic rings. The normalized spacial score (nSPS) is 14.7. The van der Waals surface area contributed by atoms with E-state index < -0.39 is 10.0 Å². The Morgan fingerprint density at radius 3 is 2.80 bits per heavy atom. The highest BCUT2D eigenvalue weighted by Gasteiger charge is 2.29. The van der Waals surface area contributed by atoms with Crippen LogP contribution in [0.4, 0.5) is 5.69 Å². The molecule has 1 amide bonds. The minimum atomic E-state index is -3.55. The molecule has 1 N–H and O–H groups in total. The van der Waals surface area contributed by atoms with Crippen molar-refractivity contribution in [3.05, 3.63) is 30.2 Å². The molecule has 1 aliphatic carbocycles. The summed E-state index contributed by atoms with van der Waals surface area (Å²) < 4.78 is 30.8. The van der Waals surface area contributed by atoms with Crippen LogP contribution in [0.25, 0.3) is 0 Å². The maximum atomic E-state index is 12.1. The van der Waals surface area contributed by atoms with Crippen molar-refractivity contribution < 1.29 is 17.6 Å². The fourth-order valence-electron chi connectivity index (χ4n) is 2.04. The second-order valence-electron chi connectivity index (χ2n) is 5.83. The molecule has 1 fully saturated rings. The van der Waals surface area contributed by atoms with Crippen LogP contribution in [0.5, 0.6) is 0 Å². The molecule has 8 nitrogen and oxygen atoms in total. The zero-order chi connectivity index (χ0) is 18.0. The number of carbonyl (C=O) groups is 1. The summed E-state index contributed by atoms with van der Waals surface area (Å²) in [5.41, 5.74) is 0.415. The van der Waals surface area contributed by atoms with Gasteiger partial charge in [-0.15, -0.1) is 10.2 Å². The van der Waals surface area contributed by atoms with Crippen LogP contribution in [0.15, 0.2) is 38.8 Å². The quantitative estimate of drug-likeness (QED) is 0.729. The molecule has 0 spiro atoms. The SMILES string of the molecule is CN(C)S(=O)(=O)c1cccc(NC(=O)CSc2nnc(C3CC3)o2)c1. The van der Waals surface area contributed by atoms with Gasteiger partial charge >= 0.3 is 0 Å². The van der Waals surface area contributed by atoms with Crippen molar-refractivity contribution >= 4 is 33.4 Å². The molecule has 1 saturated carbocycles. The van der Waals surface area contributed by atoms with Crippen LogP contribution in [0.1, 0.15) is 24.7 Å². The second-order valence-corrected chi connectivity index (χ2v) is 8.91. The maximum Gasteiger partial charge on any atom is 0.277 e. The molecule has 0 radical (unpaired) electrons. The first-order chi connectivity index (χ1) is 11.9. The van der Waals surface area contributed by atoms with Crippen molar-refractivity contribution in [2.75, 3.05) is 25.2 Å². The molecule has 0 saturated heterocycles. The van der Waals surface area contributed by atoms with Crippen LogP contribution < -0.4 is 5.32 Å². The van der Waals surface area contributed by atoms with Gasteiger partial charge in [-0.25, -0.2) is 12.7 Å². The number of aromatic nitrogens is 2. The minimum absolute atomic E-state index is 0.0942. The lowest BCUT2D eigenvalue weighted by atomic mass is 10.3. The summed E-state index contributed by atoms with van der Waals surface area (Å²) in [6.45, 7) is 0. The molecular weight excluding hydrogens is 364 g/mol. The predicted octanol–water partition coefficient (Wildman–Crippen LogP) is 1.93. The Balaban J connectivity index is 1.58. The molecule has 3 rings (SSSR count). The van der Waals surface area contributed by atoms with E-state index in [1.165, 1.54) is 26.2 Å². The molecule has 1 aromatic carbocycles. The van der Waals surface area contributed by atoms with Crippen LogP contribution in [0, 0.1) is 0 Å². The van der Waals surface area contributed by atoms with Crippen LogP contribution in [0.3, 0.4) is 0 Å². The largest absolute Gasteiger partial charge is 0.416 e. The van der Waals surface area contributed by atoms with E-state index in [0.717, 1.165) is 28.9 Å². The van der Waals surface area contributed by atoms with Gasteiger partial charge in [0.05, 0.1) is 10.6 Å². The molecule has 1 heterocycles. The molecule has 0 atom stereocenters. The Kier molecular flexibility index (Phi) is 5.11. The minimum Gasteiger partial charge on any atom is -0.416 e. The summed E-state index contributed by atoms with van der Waals surface area (Å²) in [6, 6.07) is 6.13. The average molecular weight is 382 g/mol. The van der Waals surface area contributed by atoms with E-state index in [1.807, 2.05) is 0 Å². The van der Waals surface area contributed by atoms with Gasteiger partial charge in [0.15, 0.2) is 0 Å². The summed E-state index contributed by atoms with van der Waals surface area (Å²) in [4.78, 5) is 12.2. The Hall–Kier alpha value is -1.91. The topological polar surface area (TPSA) is 105 Å². The van der Waals surface area contributed by atoms with E-state index in [1.54, 1.807) is 12.1 Å². The molecule has 25 heavy (non-hydrogen) atoms. The lowest BCUT2D eigenvalue weighted by Crippen LogP contribution is -2.22. The summed E-state index contributed by atoms with van der Waals surface area (Å²) >= 11 is 1.15. The molecule has 134 valence electrons. The molecule has 0 unspecified atom stereocenters. The Bertz CT molecular complexity index is 875. The van der Waals surface area contributed by atoms with Gasteiger partial charge in [-0.05, 0) is 31.0 Å². The third-order valence-electron chi connectivity index (χ3n) is 3.57. The van der Waals surface area contributed by atoms with Crippen LogP contribution in [0.2, 0.25) is 0 Å². The van der Waals surface area contributed by atoms with E-state index in [-0.39, 0.29) is 16.6 Å². The lowest BCUT2D eigenvalue weighted by Gasteiger charge is -2.12. The standard InChI is InChI=1S/C15H18N4O4S2/c1-19(2)25(21,22)12-5-3-4-11(8-12)16-13(20)9-24-15-18-17-14(23-15)10-6-7-10/h3-5,8,10H,6-7,9H2,1-2H3,(H,16,20).